The first-order chi connectivity index (χ1) is 23.3. The Balaban J connectivity index is 1.19. The molecule has 12 heteroatoms. The molecule has 1 aromatic carbocycles. The largest absolute Gasteiger partial charge is 0.459 e. The Morgan fingerprint density at radius 2 is 1.68 bits per heavy atom. The topological polar surface area (TPSA) is 132 Å². The van der Waals surface area contributed by atoms with Crippen LogP contribution in [0, 0.1) is 40.4 Å². The third-order valence-corrected chi connectivity index (χ3v) is 14.7. The second kappa shape index (κ2) is 11.1. The number of halogens is 3. The van der Waals surface area contributed by atoms with E-state index in [9.17, 15) is 37.8 Å². The summed E-state index contributed by atoms with van der Waals surface area (Å²) in [7, 11) is 0.810. The van der Waals surface area contributed by atoms with Gasteiger partial charge in [0.15, 0.2) is 11.9 Å². The van der Waals surface area contributed by atoms with Crippen LogP contribution in [0.3, 0.4) is 0 Å². The van der Waals surface area contributed by atoms with E-state index >= 15 is 0 Å². The van der Waals surface area contributed by atoms with Crippen molar-refractivity contribution in [2.24, 2.45) is 40.4 Å². The lowest BCUT2D eigenvalue weighted by atomic mass is 9.43. The Morgan fingerprint density at radius 3 is 2.30 bits per heavy atom. The molecule has 4 aliphatic carbocycles. The van der Waals surface area contributed by atoms with Crippen molar-refractivity contribution in [1.82, 2.24) is 0 Å². The van der Waals surface area contributed by atoms with Crippen LogP contribution in [-0.4, -0.2) is 76.3 Å². The Bertz CT molecular complexity index is 1610. The zero-order valence-corrected chi connectivity index (χ0v) is 29.3. The maximum Gasteiger partial charge on any atom is 0.432 e. The molecule has 2 N–H and O–H groups in total. The fourth-order valence-electron chi connectivity index (χ4n) is 11.4. The minimum absolute atomic E-state index is 0.0409. The molecule has 6 aliphatic rings. The second-order valence-corrected chi connectivity index (χ2v) is 16.4. The summed E-state index contributed by atoms with van der Waals surface area (Å²) >= 11 is 0. The first-order valence-corrected chi connectivity index (χ1v) is 17.7. The predicted molar refractivity (Wildman–Crippen MR) is 171 cm³/mol. The van der Waals surface area contributed by atoms with Gasteiger partial charge in [0.25, 0.3) is 5.60 Å². The lowest BCUT2D eigenvalue weighted by Gasteiger charge is -2.61. The number of hydrogen-bond donors (Lipinski definition) is 2. The minimum atomic E-state index is -5.17. The number of hydrogen-bond acceptors (Lipinski definition) is 9. The second-order valence-electron chi connectivity index (χ2n) is 16.4. The number of allylic oxidation sites excluding steroid dienone is 1. The number of fused-ring (bicyclic) bond motifs is 4. The van der Waals surface area contributed by atoms with E-state index in [-0.39, 0.29) is 41.8 Å². The van der Waals surface area contributed by atoms with Crippen LogP contribution in [0.5, 0.6) is 0 Å². The average molecular weight is 705 g/mol. The Morgan fingerprint density at radius 1 is 1.02 bits per heavy atom. The molecule has 3 saturated carbocycles. The highest BCUT2D eigenvalue weighted by molar-refractivity contribution is 5.98. The molecule has 1 spiro atoms. The van der Waals surface area contributed by atoms with Crippen molar-refractivity contribution in [3.8, 4) is 0 Å². The van der Waals surface area contributed by atoms with E-state index in [4.69, 9.17) is 18.9 Å². The molecule has 274 valence electrons. The quantitative estimate of drug-likeness (QED) is 0.303. The van der Waals surface area contributed by atoms with Gasteiger partial charge in [-0.05, 0) is 88.2 Å². The van der Waals surface area contributed by atoms with Crippen LogP contribution in [-0.2, 0) is 38.9 Å². The van der Waals surface area contributed by atoms with Crippen LogP contribution in [0.15, 0.2) is 42.5 Å². The summed E-state index contributed by atoms with van der Waals surface area (Å²) in [5, 5.41) is 24.7. The number of ketones is 1. The molecule has 7 rings (SSSR count). The van der Waals surface area contributed by atoms with E-state index in [1.165, 1.54) is 30.4 Å². The van der Waals surface area contributed by atoms with Gasteiger partial charge in [-0.15, -0.1) is 0 Å². The molecule has 50 heavy (non-hydrogen) atoms. The van der Waals surface area contributed by atoms with E-state index in [1.54, 1.807) is 20.8 Å². The van der Waals surface area contributed by atoms with E-state index in [1.807, 2.05) is 13.8 Å². The van der Waals surface area contributed by atoms with Crippen molar-refractivity contribution < 1.29 is 56.7 Å². The van der Waals surface area contributed by atoms with E-state index in [0.29, 0.717) is 32.1 Å². The summed E-state index contributed by atoms with van der Waals surface area (Å²) in [5.74, 6) is -3.24. The number of epoxide rings is 1. The van der Waals surface area contributed by atoms with Crippen molar-refractivity contribution in [1.29, 1.82) is 0 Å². The first kappa shape index (κ1) is 35.6. The van der Waals surface area contributed by atoms with Gasteiger partial charge in [-0.3, -0.25) is 9.59 Å². The molecule has 5 fully saturated rings. The van der Waals surface area contributed by atoms with Crippen LogP contribution >= 0.6 is 0 Å². The van der Waals surface area contributed by atoms with Gasteiger partial charge in [0.2, 0.25) is 0 Å². The molecule has 14 atom stereocenters. The van der Waals surface area contributed by atoms with Gasteiger partial charge < -0.3 is 29.2 Å². The zero-order chi connectivity index (χ0) is 36.4. The molecule has 1 unspecified atom stereocenters. The monoisotopic (exact) mass is 704 g/mol. The SMILES string of the molecule is CO[C@](C(=O)O[C@H]1C=CC(=O)[C@]2(C)[C@H]3CC[C@@]4(C)[C@@H](CC[C@]4(O)[C@@](C)(O)C4C[C@H](C)[C@@H](C)C(=O)O4)[C@@H]3C[C@H]3O[C@]132)(c1ccccc1)C(F)(F)F. The molecule has 2 aliphatic heterocycles. The van der Waals surface area contributed by atoms with Crippen molar-refractivity contribution in [3.63, 3.8) is 0 Å². The lowest BCUT2D eigenvalue weighted by molar-refractivity contribution is -0.279. The van der Waals surface area contributed by atoms with Gasteiger partial charge in [0.05, 0.1) is 17.4 Å². The highest BCUT2D eigenvalue weighted by atomic mass is 19.4. The number of benzene rings is 1. The fraction of sp³-hybridized carbons (Fsp3) is 0.711. The van der Waals surface area contributed by atoms with Gasteiger partial charge in [0, 0.05) is 18.1 Å². The third-order valence-electron chi connectivity index (χ3n) is 14.7. The van der Waals surface area contributed by atoms with E-state index in [2.05, 4.69) is 0 Å². The molecule has 2 saturated heterocycles. The van der Waals surface area contributed by atoms with E-state index < -0.39 is 75.2 Å². The number of rotatable bonds is 6. The van der Waals surface area contributed by atoms with Gasteiger partial charge >= 0.3 is 18.1 Å². The smallest absolute Gasteiger partial charge is 0.432 e. The van der Waals surface area contributed by atoms with Crippen molar-refractivity contribution in [2.75, 3.05) is 7.11 Å². The number of cyclic esters (lactones) is 1. The molecular weight excluding hydrogens is 657 g/mol. The van der Waals surface area contributed by atoms with Gasteiger partial charge in [-0.1, -0.05) is 51.1 Å². The standard InChI is InChI=1S/C38H47F3O9/c1-20-18-28(48-30(43)21(20)2)34(5,45)35(46)17-15-24-23-19-29-37(50-29)27(13-12-26(42)33(37,4)25(23)14-16-32(24,35)3)49-31(44)36(47-6,38(39,40)41)22-10-8-7-9-11-22/h7-13,20-21,23-25,27-29,45-46H,14-19H2,1-6H3/t20-,21+,23-,24-,25-,27-,28?,29+,32-,33-,34-,35+,36-,37+/m0/s1. The molecular formula is C38H47F3O9. The highest BCUT2D eigenvalue weighted by Crippen LogP contribution is 2.74. The van der Waals surface area contributed by atoms with Crippen molar-refractivity contribution in [2.45, 2.75) is 120 Å². The molecule has 2 heterocycles. The maximum atomic E-state index is 14.8. The summed E-state index contributed by atoms with van der Waals surface area (Å²) in [4.78, 5) is 40.4. The normalized spacial score (nSPS) is 45.9. The molecule has 9 nitrogen and oxygen atoms in total. The number of ether oxygens (including phenoxy) is 4. The van der Waals surface area contributed by atoms with E-state index in [0.717, 1.165) is 19.2 Å². The lowest BCUT2D eigenvalue weighted by Crippen LogP contribution is -2.70. The first-order valence-electron chi connectivity index (χ1n) is 17.7. The summed E-state index contributed by atoms with van der Waals surface area (Å²) < 4.78 is 67.1. The third kappa shape index (κ3) is 4.25. The average Bonchev–Trinajstić information content (AvgIpc) is 3.72. The minimum Gasteiger partial charge on any atom is -0.459 e. The van der Waals surface area contributed by atoms with Gasteiger partial charge in [-0.25, -0.2) is 4.79 Å². The Labute approximate surface area is 289 Å². The number of carbonyl (C=O) groups excluding carboxylic acids is 3. The molecule has 0 radical (unpaired) electrons. The fourth-order valence-corrected chi connectivity index (χ4v) is 11.4. The maximum absolute atomic E-state index is 14.8. The number of carbonyl (C=O) groups is 3. The van der Waals surface area contributed by atoms with Crippen LogP contribution < -0.4 is 0 Å². The van der Waals surface area contributed by atoms with Crippen LogP contribution in [0.4, 0.5) is 13.2 Å². The summed E-state index contributed by atoms with van der Waals surface area (Å²) in [5.41, 5.74) is -10.6. The zero-order valence-electron chi connectivity index (χ0n) is 29.3. The van der Waals surface area contributed by atoms with Crippen molar-refractivity contribution >= 4 is 17.7 Å². The summed E-state index contributed by atoms with van der Waals surface area (Å²) in [6, 6.07) is 6.59. The summed E-state index contributed by atoms with van der Waals surface area (Å²) in [6.07, 6.45) is -2.78. The highest BCUT2D eigenvalue weighted by Gasteiger charge is 2.83. The number of alkyl halides is 3. The summed E-state index contributed by atoms with van der Waals surface area (Å²) in [6.45, 7) is 9.04. The van der Waals surface area contributed by atoms with Gasteiger partial charge in [0.1, 0.15) is 22.9 Å². The number of methoxy groups -OCH3 is 1. The van der Waals surface area contributed by atoms with Crippen LogP contribution in [0.2, 0.25) is 0 Å². The Kier molecular flexibility index (Phi) is 7.90. The van der Waals surface area contributed by atoms with Gasteiger partial charge in [-0.2, -0.15) is 13.2 Å². The van der Waals surface area contributed by atoms with Crippen molar-refractivity contribution in [3.05, 3.63) is 48.0 Å². The van der Waals surface area contributed by atoms with Crippen LogP contribution in [0.1, 0.15) is 78.7 Å². The Hall–Kier alpha value is -2.80. The molecule has 0 aromatic heterocycles. The molecule has 0 amide bonds. The molecule has 1 aromatic rings. The molecule has 0 bridgehead atoms. The number of esters is 2. The van der Waals surface area contributed by atoms with Crippen LogP contribution in [0.25, 0.3) is 0 Å². The predicted octanol–water partition coefficient (Wildman–Crippen LogP) is 5.20. The number of aliphatic hydroxyl groups is 2.